The van der Waals surface area contributed by atoms with E-state index in [1.807, 2.05) is 6.92 Å². The summed E-state index contributed by atoms with van der Waals surface area (Å²) in [5, 5.41) is 15.3. The Hall–Kier alpha value is -1.82. The molecule has 112 valence electrons. The van der Waals surface area contributed by atoms with E-state index in [2.05, 4.69) is 10.6 Å². The summed E-state index contributed by atoms with van der Waals surface area (Å²) in [6.45, 7) is 5.15. The number of nitrogens with one attached hydrogen (secondary N) is 2. The first kappa shape index (κ1) is 16.2. The molecule has 0 bridgehead atoms. The van der Waals surface area contributed by atoms with Crippen LogP contribution in [0.4, 0.5) is 0 Å². The summed E-state index contributed by atoms with van der Waals surface area (Å²) in [6.07, 6.45) is 1.14. The fourth-order valence-corrected chi connectivity index (χ4v) is 1.64. The minimum atomic E-state index is -1.28. The molecule has 0 aromatic carbocycles. The lowest BCUT2D eigenvalue weighted by Crippen LogP contribution is -2.43. The van der Waals surface area contributed by atoms with E-state index in [0.717, 1.165) is 6.42 Å². The Morgan fingerprint density at radius 1 is 1.30 bits per heavy atom. The number of rotatable bonds is 7. The van der Waals surface area contributed by atoms with Crippen LogP contribution in [0, 0.1) is 6.92 Å². The van der Waals surface area contributed by atoms with Gasteiger partial charge in [-0.3, -0.25) is 9.59 Å². The first-order valence-corrected chi connectivity index (χ1v) is 6.68. The fraction of sp³-hybridized carbons (Fsp3) is 0.571. The molecule has 1 aromatic heterocycles. The number of aryl methyl sites for hydroxylation is 1. The van der Waals surface area contributed by atoms with E-state index < -0.39 is 5.60 Å². The number of aliphatic hydroxyl groups is 1. The van der Waals surface area contributed by atoms with Crippen molar-refractivity contribution in [3.63, 3.8) is 0 Å². The highest BCUT2D eigenvalue weighted by Gasteiger charge is 2.27. The van der Waals surface area contributed by atoms with Crippen molar-refractivity contribution >= 4 is 11.8 Å². The second-order valence-electron chi connectivity index (χ2n) is 4.99. The van der Waals surface area contributed by atoms with Crippen LogP contribution in [-0.2, 0) is 15.2 Å². The Balaban J connectivity index is 2.38. The summed E-state index contributed by atoms with van der Waals surface area (Å²) in [6, 6.07) is 3.42. The van der Waals surface area contributed by atoms with Crippen molar-refractivity contribution in [1.29, 1.82) is 0 Å². The van der Waals surface area contributed by atoms with E-state index in [4.69, 9.17) is 4.42 Å². The minimum absolute atomic E-state index is 0.0163. The number of carbonyl (C=O) groups excluding carboxylic acids is 2. The van der Waals surface area contributed by atoms with Gasteiger partial charge in [-0.2, -0.15) is 0 Å². The molecule has 20 heavy (non-hydrogen) atoms. The van der Waals surface area contributed by atoms with E-state index in [1.165, 1.54) is 0 Å². The molecule has 1 rings (SSSR count). The molecule has 0 aliphatic rings. The summed E-state index contributed by atoms with van der Waals surface area (Å²) in [7, 11) is 0. The van der Waals surface area contributed by atoms with Crippen molar-refractivity contribution in [1.82, 2.24) is 10.6 Å². The molecule has 0 aliphatic heterocycles. The monoisotopic (exact) mass is 282 g/mol. The van der Waals surface area contributed by atoms with Gasteiger partial charge in [-0.05, 0) is 32.4 Å². The zero-order valence-electron chi connectivity index (χ0n) is 12.2. The lowest BCUT2D eigenvalue weighted by atomic mass is 10.0. The van der Waals surface area contributed by atoms with Crippen LogP contribution in [0.5, 0.6) is 0 Å². The predicted molar refractivity (Wildman–Crippen MR) is 73.9 cm³/mol. The molecule has 0 aliphatic carbocycles. The fourth-order valence-electron chi connectivity index (χ4n) is 1.64. The summed E-state index contributed by atoms with van der Waals surface area (Å²) >= 11 is 0. The molecular formula is C14H22N2O4. The third kappa shape index (κ3) is 5.05. The largest absolute Gasteiger partial charge is 0.463 e. The van der Waals surface area contributed by atoms with Gasteiger partial charge >= 0.3 is 0 Å². The molecule has 6 nitrogen and oxygen atoms in total. The zero-order chi connectivity index (χ0) is 15.2. The molecule has 0 radical (unpaired) electrons. The average molecular weight is 282 g/mol. The average Bonchev–Trinajstić information content (AvgIpc) is 2.82. The van der Waals surface area contributed by atoms with Gasteiger partial charge in [0, 0.05) is 6.42 Å². The number of furan rings is 1. The topological polar surface area (TPSA) is 91.6 Å². The van der Waals surface area contributed by atoms with Gasteiger partial charge in [0.15, 0.2) is 0 Å². The van der Waals surface area contributed by atoms with Crippen LogP contribution in [0.15, 0.2) is 16.5 Å². The van der Waals surface area contributed by atoms with Crippen LogP contribution < -0.4 is 10.6 Å². The van der Waals surface area contributed by atoms with Gasteiger partial charge in [0.05, 0.1) is 13.1 Å². The van der Waals surface area contributed by atoms with Crippen LogP contribution in [0.1, 0.15) is 38.2 Å². The molecule has 6 heteroatoms. The normalized spacial score (nSPS) is 13.6. The van der Waals surface area contributed by atoms with E-state index >= 15 is 0 Å². The lowest BCUT2D eigenvalue weighted by molar-refractivity contribution is -0.126. The summed E-state index contributed by atoms with van der Waals surface area (Å²) < 4.78 is 5.34. The van der Waals surface area contributed by atoms with Crippen molar-refractivity contribution in [3.8, 4) is 0 Å². The highest BCUT2D eigenvalue weighted by Crippen LogP contribution is 2.21. The van der Waals surface area contributed by atoms with Crippen molar-refractivity contribution in [3.05, 3.63) is 23.7 Å². The van der Waals surface area contributed by atoms with Gasteiger partial charge < -0.3 is 20.2 Å². The zero-order valence-corrected chi connectivity index (χ0v) is 12.2. The van der Waals surface area contributed by atoms with Crippen molar-refractivity contribution in [2.75, 3.05) is 13.1 Å². The van der Waals surface area contributed by atoms with E-state index in [-0.39, 0.29) is 24.9 Å². The van der Waals surface area contributed by atoms with E-state index in [0.29, 0.717) is 17.9 Å². The van der Waals surface area contributed by atoms with Crippen molar-refractivity contribution < 1.29 is 19.1 Å². The first-order chi connectivity index (χ1) is 9.35. The number of hydrogen-bond acceptors (Lipinski definition) is 4. The second kappa shape index (κ2) is 7.09. The van der Waals surface area contributed by atoms with E-state index in [1.54, 1.807) is 26.0 Å². The first-order valence-electron chi connectivity index (χ1n) is 6.68. The molecule has 0 fully saturated rings. The third-order valence-corrected chi connectivity index (χ3v) is 2.82. The summed E-state index contributed by atoms with van der Waals surface area (Å²) in [4.78, 5) is 22.8. The minimum Gasteiger partial charge on any atom is -0.463 e. The van der Waals surface area contributed by atoms with E-state index in [9.17, 15) is 14.7 Å². The van der Waals surface area contributed by atoms with Crippen LogP contribution in [0.25, 0.3) is 0 Å². The lowest BCUT2D eigenvalue weighted by Gasteiger charge is -2.21. The quantitative estimate of drug-likeness (QED) is 0.690. The standard InChI is InChI=1S/C14H22N2O4/c1-4-5-12(17)15-8-13(18)16-9-14(3,19)11-7-6-10(2)20-11/h6-7,19H,4-5,8-9H2,1-3H3,(H,15,17)(H,16,18). The maximum absolute atomic E-state index is 11.6. The summed E-state index contributed by atoms with van der Waals surface area (Å²) in [5.74, 6) is 0.581. The Labute approximate surface area is 118 Å². The molecule has 0 spiro atoms. The summed E-state index contributed by atoms with van der Waals surface area (Å²) in [5.41, 5.74) is -1.28. The molecule has 1 heterocycles. The van der Waals surface area contributed by atoms with Crippen LogP contribution in [0.3, 0.4) is 0 Å². The highest BCUT2D eigenvalue weighted by molar-refractivity contribution is 5.84. The van der Waals surface area contributed by atoms with Crippen LogP contribution in [0.2, 0.25) is 0 Å². The third-order valence-electron chi connectivity index (χ3n) is 2.82. The predicted octanol–water partition coefficient (Wildman–Crippen LogP) is 0.828. The molecule has 1 aromatic rings. The van der Waals surface area contributed by atoms with Crippen LogP contribution in [-0.4, -0.2) is 30.0 Å². The van der Waals surface area contributed by atoms with Gasteiger partial charge in [0.1, 0.15) is 17.1 Å². The molecule has 0 saturated carbocycles. The van der Waals surface area contributed by atoms with Gasteiger partial charge in [0.2, 0.25) is 11.8 Å². The number of hydrogen-bond donors (Lipinski definition) is 3. The van der Waals surface area contributed by atoms with Gasteiger partial charge in [-0.1, -0.05) is 6.92 Å². The van der Waals surface area contributed by atoms with Gasteiger partial charge in [0.25, 0.3) is 0 Å². The SMILES string of the molecule is CCCC(=O)NCC(=O)NCC(C)(O)c1ccc(C)o1. The molecular weight excluding hydrogens is 260 g/mol. The van der Waals surface area contributed by atoms with Crippen molar-refractivity contribution in [2.45, 2.75) is 39.2 Å². The maximum atomic E-state index is 11.6. The van der Waals surface area contributed by atoms with Crippen molar-refractivity contribution in [2.24, 2.45) is 0 Å². The Kier molecular flexibility index (Phi) is 5.76. The molecule has 3 N–H and O–H groups in total. The Morgan fingerprint density at radius 2 is 2.00 bits per heavy atom. The Morgan fingerprint density at radius 3 is 2.55 bits per heavy atom. The number of amides is 2. The molecule has 0 saturated heterocycles. The highest BCUT2D eigenvalue weighted by atomic mass is 16.4. The smallest absolute Gasteiger partial charge is 0.239 e. The molecule has 2 amide bonds. The van der Waals surface area contributed by atoms with Crippen LogP contribution >= 0.6 is 0 Å². The van der Waals surface area contributed by atoms with Gasteiger partial charge in [-0.15, -0.1) is 0 Å². The van der Waals surface area contributed by atoms with Gasteiger partial charge in [-0.25, -0.2) is 0 Å². The molecule has 1 atom stereocenters. The second-order valence-corrected chi connectivity index (χ2v) is 4.99. The maximum Gasteiger partial charge on any atom is 0.239 e. The molecule has 1 unspecified atom stereocenters. The Bertz CT molecular complexity index is 465. The number of carbonyl (C=O) groups is 2.